The molecule has 0 aromatic heterocycles. The fourth-order valence-corrected chi connectivity index (χ4v) is 2.34. The number of carboxylic acids is 1. The average Bonchev–Trinajstić information content (AvgIpc) is 2.61. The molecule has 0 aromatic rings. The van der Waals surface area contributed by atoms with Crippen LogP contribution in [0.1, 0.15) is 27.2 Å². The van der Waals surface area contributed by atoms with Gasteiger partial charge < -0.3 is 26.8 Å². The minimum atomic E-state index is -1.24. The van der Waals surface area contributed by atoms with E-state index in [1.807, 2.05) is 13.8 Å². The van der Waals surface area contributed by atoms with Crippen LogP contribution < -0.4 is 21.7 Å². The second-order valence-electron chi connectivity index (χ2n) is 5.97. The molecule has 0 spiro atoms. The quantitative estimate of drug-likeness (QED) is 0.213. The van der Waals surface area contributed by atoms with Crippen molar-refractivity contribution in [2.45, 2.75) is 51.4 Å². The van der Waals surface area contributed by atoms with Gasteiger partial charge in [0.15, 0.2) is 0 Å². The van der Waals surface area contributed by atoms with E-state index in [1.54, 1.807) is 0 Å². The van der Waals surface area contributed by atoms with E-state index >= 15 is 0 Å². The van der Waals surface area contributed by atoms with Crippen molar-refractivity contribution in [3.63, 3.8) is 0 Å². The van der Waals surface area contributed by atoms with Crippen LogP contribution in [-0.2, 0) is 19.2 Å². The molecule has 0 fully saturated rings. The molecule has 0 aromatic carbocycles. The van der Waals surface area contributed by atoms with Crippen molar-refractivity contribution in [1.82, 2.24) is 16.0 Å². The van der Waals surface area contributed by atoms with Gasteiger partial charge in [-0.05, 0) is 12.8 Å². The maximum absolute atomic E-state index is 12.2. The van der Waals surface area contributed by atoms with Crippen molar-refractivity contribution >= 4 is 48.9 Å². The van der Waals surface area contributed by atoms with E-state index in [4.69, 9.17) is 10.8 Å². The second kappa shape index (κ2) is 12.0. The first-order valence-corrected chi connectivity index (χ1v) is 9.46. The number of hydrogen-bond donors (Lipinski definition) is 7. The van der Waals surface area contributed by atoms with Gasteiger partial charge in [0.2, 0.25) is 17.7 Å². The zero-order valence-corrected chi connectivity index (χ0v) is 16.8. The van der Waals surface area contributed by atoms with Crippen LogP contribution in [0.4, 0.5) is 0 Å². The van der Waals surface area contributed by atoms with E-state index in [0.717, 1.165) is 0 Å². The zero-order chi connectivity index (χ0) is 20.4. The Morgan fingerprint density at radius 1 is 0.923 bits per heavy atom. The molecule has 11 heteroatoms. The molecule has 0 saturated heterocycles. The summed E-state index contributed by atoms with van der Waals surface area (Å²) in [6.45, 7) is 5.19. The number of aliphatic carboxylic acids is 1. The van der Waals surface area contributed by atoms with Gasteiger partial charge in [-0.1, -0.05) is 20.3 Å². The first-order chi connectivity index (χ1) is 12.1. The third kappa shape index (κ3) is 7.83. The monoisotopic (exact) mass is 408 g/mol. The first-order valence-electron chi connectivity index (χ1n) is 8.20. The molecular formula is C15H28N4O5S2. The molecule has 0 unspecified atom stereocenters. The number of nitrogens with two attached hydrogens (primary N) is 1. The molecular weight excluding hydrogens is 380 g/mol. The third-order valence-electron chi connectivity index (χ3n) is 3.92. The van der Waals surface area contributed by atoms with Gasteiger partial charge in [-0.25, -0.2) is 4.79 Å². The summed E-state index contributed by atoms with van der Waals surface area (Å²) in [7, 11) is 0. The third-order valence-corrected chi connectivity index (χ3v) is 4.65. The van der Waals surface area contributed by atoms with Crippen LogP contribution in [0.2, 0.25) is 0 Å². The summed E-state index contributed by atoms with van der Waals surface area (Å²) in [6, 6.07) is -3.91. The Kier molecular flexibility index (Phi) is 11.3. The Bertz CT molecular complexity index is 520. The van der Waals surface area contributed by atoms with Crippen LogP contribution >= 0.6 is 25.3 Å². The van der Waals surface area contributed by atoms with Crippen LogP contribution in [-0.4, -0.2) is 64.5 Å². The van der Waals surface area contributed by atoms with Crippen molar-refractivity contribution in [2.24, 2.45) is 11.7 Å². The largest absolute Gasteiger partial charge is 0.480 e. The molecule has 0 radical (unpaired) electrons. The van der Waals surface area contributed by atoms with Crippen LogP contribution in [0.25, 0.3) is 0 Å². The Hall–Kier alpha value is -1.46. The van der Waals surface area contributed by atoms with E-state index in [9.17, 15) is 19.2 Å². The molecule has 5 atom stereocenters. The number of thiol groups is 2. The van der Waals surface area contributed by atoms with Gasteiger partial charge in [0.25, 0.3) is 0 Å². The van der Waals surface area contributed by atoms with E-state index in [1.165, 1.54) is 6.92 Å². The normalized spacial score (nSPS) is 16.5. The Morgan fingerprint density at radius 2 is 1.42 bits per heavy atom. The summed E-state index contributed by atoms with van der Waals surface area (Å²) in [5, 5.41) is 16.1. The molecule has 3 amide bonds. The van der Waals surface area contributed by atoms with Crippen molar-refractivity contribution in [2.75, 3.05) is 11.5 Å². The van der Waals surface area contributed by atoms with E-state index < -0.39 is 47.9 Å². The number of carbonyl (C=O) groups is 4. The number of carbonyl (C=O) groups excluding carboxylic acids is 3. The summed E-state index contributed by atoms with van der Waals surface area (Å²) < 4.78 is 0. The number of hydrogen-bond acceptors (Lipinski definition) is 7. The molecule has 0 heterocycles. The summed E-state index contributed by atoms with van der Waals surface area (Å²) in [5.74, 6) is -3.22. The Labute approximate surface area is 164 Å². The maximum atomic E-state index is 12.2. The number of rotatable bonds is 11. The topological polar surface area (TPSA) is 151 Å². The highest BCUT2D eigenvalue weighted by Crippen LogP contribution is 2.05. The van der Waals surface area contributed by atoms with Crippen molar-refractivity contribution in [3.05, 3.63) is 0 Å². The SMILES string of the molecule is CC[C@H](C)[C@H](N)C(=O)N[C@@H](C)C(=O)N[C@@H](CS)C(=O)N[C@@H](CS)C(=O)O. The summed E-state index contributed by atoms with van der Waals surface area (Å²) in [5.41, 5.74) is 5.81. The smallest absolute Gasteiger partial charge is 0.327 e. The highest BCUT2D eigenvalue weighted by molar-refractivity contribution is 7.80. The lowest BCUT2D eigenvalue weighted by molar-refractivity contribution is -0.141. The second-order valence-corrected chi connectivity index (χ2v) is 6.70. The zero-order valence-electron chi connectivity index (χ0n) is 15.1. The molecule has 6 N–H and O–H groups in total. The summed E-state index contributed by atoms with van der Waals surface area (Å²) in [6.07, 6.45) is 0.715. The molecule has 0 saturated carbocycles. The molecule has 0 bridgehead atoms. The van der Waals surface area contributed by atoms with Crippen molar-refractivity contribution in [3.8, 4) is 0 Å². The fourth-order valence-electron chi connectivity index (χ4n) is 1.84. The lowest BCUT2D eigenvalue weighted by Gasteiger charge is -2.23. The Balaban J connectivity index is 4.76. The molecule has 9 nitrogen and oxygen atoms in total. The molecule has 0 rings (SSSR count). The molecule has 0 aliphatic rings. The van der Waals surface area contributed by atoms with E-state index in [0.29, 0.717) is 6.42 Å². The molecule has 26 heavy (non-hydrogen) atoms. The lowest BCUT2D eigenvalue weighted by atomic mass is 9.99. The summed E-state index contributed by atoms with van der Waals surface area (Å²) in [4.78, 5) is 47.2. The highest BCUT2D eigenvalue weighted by atomic mass is 32.1. The fraction of sp³-hybridized carbons (Fsp3) is 0.733. The van der Waals surface area contributed by atoms with Gasteiger partial charge in [0.1, 0.15) is 18.1 Å². The minimum Gasteiger partial charge on any atom is -0.480 e. The van der Waals surface area contributed by atoms with Crippen LogP contribution in [0.5, 0.6) is 0 Å². The average molecular weight is 409 g/mol. The van der Waals surface area contributed by atoms with Gasteiger partial charge in [0, 0.05) is 11.5 Å². The number of amides is 3. The van der Waals surface area contributed by atoms with Crippen LogP contribution in [0, 0.1) is 5.92 Å². The maximum Gasteiger partial charge on any atom is 0.327 e. The van der Waals surface area contributed by atoms with Crippen molar-refractivity contribution < 1.29 is 24.3 Å². The number of carboxylic acid groups (broad SMARTS) is 1. The minimum absolute atomic E-state index is 0.0459. The van der Waals surface area contributed by atoms with E-state index in [2.05, 4.69) is 41.2 Å². The van der Waals surface area contributed by atoms with Crippen LogP contribution in [0.15, 0.2) is 0 Å². The standard InChI is InChI=1S/C15H28N4O5S2/c1-4-7(2)11(16)14(22)17-8(3)12(20)18-9(5-25)13(21)19-10(6-26)15(23)24/h7-11,25-26H,4-6,16H2,1-3H3,(H,17,22)(H,18,20)(H,19,21)(H,23,24)/t7-,8-,9-,10-,11-/m0/s1. The Morgan fingerprint density at radius 3 is 1.85 bits per heavy atom. The van der Waals surface area contributed by atoms with Gasteiger partial charge >= 0.3 is 5.97 Å². The predicted molar refractivity (Wildman–Crippen MR) is 104 cm³/mol. The molecule has 150 valence electrons. The molecule has 0 aliphatic heterocycles. The van der Waals surface area contributed by atoms with Crippen molar-refractivity contribution in [1.29, 1.82) is 0 Å². The van der Waals surface area contributed by atoms with E-state index in [-0.39, 0.29) is 17.4 Å². The lowest BCUT2D eigenvalue weighted by Crippen LogP contribution is -2.57. The van der Waals surface area contributed by atoms with Gasteiger partial charge in [-0.15, -0.1) is 0 Å². The van der Waals surface area contributed by atoms with Gasteiger partial charge in [0.05, 0.1) is 6.04 Å². The highest BCUT2D eigenvalue weighted by Gasteiger charge is 2.28. The van der Waals surface area contributed by atoms with Crippen LogP contribution in [0.3, 0.4) is 0 Å². The predicted octanol–water partition coefficient (Wildman–Crippen LogP) is -1.22. The molecule has 0 aliphatic carbocycles. The van der Waals surface area contributed by atoms with Gasteiger partial charge in [-0.2, -0.15) is 25.3 Å². The summed E-state index contributed by atoms with van der Waals surface area (Å²) >= 11 is 7.84. The number of nitrogens with one attached hydrogen (secondary N) is 3. The first kappa shape index (κ1) is 24.5. The van der Waals surface area contributed by atoms with Gasteiger partial charge in [-0.3, -0.25) is 14.4 Å².